The molecule has 2 aromatic rings. The minimum atomic E-state index is 0.715. The van der Waals surface area contributed by atoms with Gasteiger partial charge in [-0.1, -0.05) is 28.1 Å². The van der Waals surface area contributed by atoms with Gasteiger partial charge < -0.3 is 5.73 Å². The normalized spacial score (nSPS) is 10.5. The van der Waals surface area contributed by atoms with Crippen LogP contribution in [-0.4, -0.2) is 9.78 Å². The molecule has 0 saturated heterocycles. The van der Waals surface area contributed by atoms with E-state index in [2.05, 4.69) is 33.2 Å². The Balaban J connectivity index is 2.22. The number of aromatic nitrogens is 2. The average molecular weight is 266 g/mol. The number of nitrogens with two attached hydrogens (primary N) is 1. The van der Waals surface area contributed by atoms with E-state index in [1.54, 1.807) is 10.9 Å². The number of halogens is 1. The number of nitrogen functional groups attached to an aromatic ring is 1. The molecule has 0 amide bonds. The minimum Gasteiger partial charge on any atom is -0.384 e. The summed E-state index contributed by atoms with van der Waals surface area (Å²) in [6, 6.07) is 8.14. The van der Waals surface area contributed by atoms with Gasteiger partial charge in [0.1, 0.15) is 5.82 Å². The summed E-state index contributed by atoms with van der Waals surface area (Å²) in [5.41, 5.74) is 8.08. The second-order valence-corrected chi connectivity index (χ2v) is 4.41. The molecule has 15 heavy (non-hydrogen) atoms. The molecule has 0 aliphatic rings. The molecule has 0 aliphatic heterocycles. The third-order valence-corrected chi connectivity index (χ3v) is 2.85. The predicted octanol–water partition coefficient (Wildman–Crippen LogP) is 2.58. The van der Waals surface area contributed by atoms with Gasteiger partial charge in [0.2, 0.25) is 0 Å². The summed E-state index contributed by atoms with van der Waals surface area (Å²) in [6.45, 7) is 2.67. The first-order valence-electron chi connectivity index (χ1n) is 4.69. The standard InChI is InChI=1S/C11H12BrN3/c1-8-6-14-15(11(8)13)7-9-2-4-10(12)5-3-9/h2-6H,7,13H2,1H3. The van der Waals surface area contributed by atoms with E-state index < -0.39 is 0 Å². The fourth-order valence-corrected chi connectivity index (χ4v) is 1.64. The Hall–Kier alpha value is -1.29. The monoisotopic (exact) mass is 265 g/mol. The highest BCUT2D eigenvalue weighted by Crippen LogP contribution is 2.14. The lowest BCUT2D eigenvalue weighted by Crippen LogP contribution is -2.06. The van der Waals surface area contributed by atoms with Gasteiger partial charge in [0, 0.05) is 10.0 Å². The van der Waals surface area contributed by atoms with Crippen molar-refractivity contribution >= 4 is 21.7 Å². The highest BCUT2D eigenvalue weighted by Gasteiger charge is 2.03. The summed E-state index contributed by atoms with van der Waals surface area (Å²) in [7, 11) is 0. The lowest BCUT2D eigenvalue weighted by molar-refractivity contribution is 0.697. The van der Waals surface area contributed by atoms with E-state index >= 15 is 0 Å². The molecular weight excluding hydrogens is 254 g/mol. The van der Waals surface area contributed by atoms with Gasteiger partial charge in [0.15, 0.2) is 0 Å². The number of hydrogen-bond acceptors (Lipinski definition) is 2. The highest BCUT2D eigenvalue weighted by molar-refractivity contribution is 9.10. The molecule has 0 radical (unpaired) electrons. The van der Waals surface area contributed by atoms with Crippen molar-refractivity contribution in [2.45, 2.75) is 13.5 Å². The van der Waals surface area contributed by atoms with E-state index in [9.17, 15) is 0 Å². The van der Waals surface area contributed by atoms with Gasteiger partial charge in [-0.15, -0.1) is 0 Å². The van der Waals surface area contributed by atoms with Crippen LogP contribution < -0.4 is 5.73 Å². The number of benzene rings is 1. The van der Waals surface area contributed by atoms with E-state index in [4.69, 9.17) is 5.73 Å². The number of anilines is 1. The summed E-state index contributed by atoms with van der Waals surface area (Å²) in [5, 5.41) is 4.21. The molecule has 2 N–H and O–H groups in total. The molecule has 3 nitrogen and oxygen atoms in total. The Labute approximate surface area is 97.0 Å². The Kier molecular flexibility index (Phi) is 2.77. The lowest BCUT2D eigenvalue weighted by Gasteiger charge is -2.04. The molecular formula is C11H12BrN3. The Bertz CT molecular complexity index is 459. The van der Waals surface area contributed by atoms with E-state index in [1.807, 2.05) is 19.1 Å². The quantitative estimate of drug-likeness (QED) is 0.907. The maximum Gasteiger partial charge on any atom is 0.124 e. The van der Waals surface area contributed by atoms with Gasteiger partial charge in [-0.25, -0.2) is 4.68 Å². The molecule has 0 atom stereocenters. The average Bonchev–Trinajstić information content (AvgIpc) is 2.53. The van der Waals surface area contributed by atoms with Crippen molar-refractivity contribution in [2.24, 2.45) is 0 Å². The fraction of sp³-hybridized carbons (Fsp3) is 0.182. The van der Waals surface area contributed by atoms with Gasteiger partial charge in [-0.05, 0) is 24.6 Å². The summed E-state index contributed by atoms with van der Waals surface area (Å²) >= 11 is 3.40. The van der Waals surface area contributed by atoms with Crippen molar-refractivity contribution < 1.29 is 0 Å². The number of hydrogen-bond donors (Lipinski definition) is 1. The molecule has 0 saturated carbocycles. The van der Waals surface area contributed by atoms with Crippen molar-refractivity contribution in [3.8, 4) is 0 Å². The molecule has 1 aromatic heterocycles. The Morgan fingerprint density at radius 1 is 1.33 bits per heavy atom. The largest absolute Gasteiger partial charge is 0.384 e. The van der Waals surface area contributed by atoms with Crippen LogP contribution in [0.3, 0.4) is 0 Å². The number of aryl methyl sites for hydroxylation is 1. The van der Waals surface area contributed by atoms with E-state index in [1.165, 1.54) is 5.56 Å². The van der Waals surface area contributed by atoms with Crippen LogP contribution in [0.1, 0.15) is 11.1 Å². The van der Waals surface area contributed by atoms with Crippen LogP contribution >= 0.6 is 15.9 Å². The molecule has 0 spiro atoms. The van der Waals surface area contributed by atoms with Gasteiger partial charge in [-0.2, -0.15) is 5.10 Å². The van der Waals surface area contributed by atoms with Gasteiger partial charge >= 0.3 is 0 Å². The maximum absolute atomic E-state index is 5.87. The molecule has 0 unspecified atom stereocenters. The SMILES string of the molecule is Cc1cnn(Cc2ccc(Br)cc2)c1N. The third-order valence-electron chi connectivity index (χ3n) is 2.32. The van der Waals surface area contributed by atoms with Crippen molar-refractivity contribution in [1.29, 1.82) is 0 Å². The zero-order chi connectivity index (χ0) is 10.8. The highest BCUT2D eigenvalue weighted by atomic mass is 79.9. The van der Waals surface area contributed by atoms with Crippen molar-refractivity contribution in [3.63, 3.8) is 0 Å². The molecule has 0 aliphatic carbocycles. The minimum absolute atomic E-state index is 0.715. The number of rotatable bonds is 2. The first kappa shape index (κ1) is 10.2. The zero-order valence-corrected chi connectivity index (χ0v) is 10.0. The predicted molar refractivity (Wildman–Crippen MR) is 64.6 cm³/mol. The van der Waals surface area contributed by atoms with Crippen LogP contribution in [0.4, 0.5) is 5.82 Å². The van der Waals surface area contributed by atoms with Crippen LogP contribution in [0.25, 0.3) is 0 Å². The van der Waals surface area contributed by atoms with Gasteiger partial charge in [-0.3, -0.25) is 0 Å². The van der Waals surface area contributed by atoms with Crippen LogP contribution in [0.15, 0.2) is 34.9 Å². The molecule has 2 rings (SSSR count). The molecule has 78 valence electrons. The maximum atomic E-state index is 5.87. The zero-order valence-electron chi connectivity index (χ0n) is 8.44. The molecule has 1 aromatic carbocycles. The molecule has 4 heteroatoms. The van der Waals surface area contributed by atoms with E-state index in [0.717, 1.165) is 15.9 Å². The van der Waals surface area contributed by atoms with Gasteiger partial charge in [0.05, 0.1) is 12.7 Å². The second-order valence-electron chi connectivity index (χ2n) is 3.50. The second kappa shape index (κ2) is 4.06. The molecule has 0 bridgehead atoms. The molecule has 1 heterocycles. The summed E-state index contributed by atoms with van der Waals surface area (Å²) in [5.74, 6) is 0.734. The third kappa shape index (κ3) is 2.21. The Morgan fingerprint density at radius 2 is 2.00 bits per heavy atom. The summed E-state index contributed by atoms with van der Waals surface area (Å²) in [6.07, 6.45) is 1.79. The van der Waals surface area contributed by atoms with E-state index in [0.29, 0.717) is 6.54 Å². The van der Waals surface area contributed by atoms with Gasteiger partial charge in [0.25, 0.3) is 0 Å². The first-order valence-corrected chi connectivity index (χ1v) is 5.48. The fourth-order valence-electron chi connectivity index (χ4n) is 1.38. The van der Waals surface area contributed by atoms with Crippen LogP contribution in [0.5, 0.6) is 0 Å². The number of nitrogens with zero attached hydrogens (tertiary/aromatic N) is 2. The van der Waals surface area contributed by atoms with Crippen LogP contribution in [0.2, 0.25) is 0 Å². The lowest BCUT2D eigenvalue weighted by atomic mass is 10.2. The van der Waals surface area contributed by atoms with Crippen molar-refractivity contribution in [3.05, 3.63) is 46.1 Å². The summed E-state index contributed by atoms with van der Waals surface area (Å²) < 4.78 is 2.88. The molecule has 0 fully saturated rings. The Morgan fingerprint density at radius 3 is 2.53 bits per heavy atom. The van der Waals surface area contributed by atoms with Crippen molar-refractivity contribution in [1.82, 2.24) is 9.78 Å². The van der Waals surface area contributed by atoms with Crippen molar-refractivity contribution in [2.75, 3.05) is 5.73 Å². The summed E-state index contributed by atoms with van der Waals surface area (Å²) in [4.78, 5) is 0. The topological polar surface area (TPSA) is 43.8 Å². The van der Waals surface area contributed by atoms with Crippen LogP contribution in [-0.2, 0) is 6.54 Å². The van der Waals surface area contributed by atoms with Crippen LogP contribution in [0, 0.1) is 6.92 Å². The van der Waals surface area contributed by atoms with E-state index in [-0.39, 0.29) is 0 Å². The smallest absolute Gasteiger partial charge is 0.124 e. The first-order chi connectivity index (χ1) is 7.16.